The molecule has 1 aromatic heterocycles. The molecule has 0 spiro atoms. The normalized spacial score (nSPS) is 11.1. The second-order valence-corrected chi connectivity index (χ2v) is 9.12. The van der Waals surface area contributed by atoms with Crippen molar-refractivity contribution in [2.24, 2.45) is 5.73 Å². The maximum Gasteiger partial charge on any atom is 0.293 e. The van der Waals surface area contributed by atoms with Gasteiger partial charge in [-0.15, -0.1) is 0 Å². The Morgan fingerprint density at radius 1 is 1.14 bits per heavy atom. The number of hydrogen-bond acceptors (Lipinski definition) is 8. The standard InChI is InChI=1S/C24H27N3O7S/c1-4-16-9-10-18(31-2)21(14-16)35(29,30)27-24-23-19(32-3)12-17(13-20(23)34-26-24)15-33-11-7-5-6-8-22(25)28/h9-10,12-14H,4-5,7,11,15H2,1-3H3,(H2,25,28)(H,26,27). The number of primary amides is 1. The number of aromatic nitrogens is 1. The van der Waals surface area contributed by atoms with Gasteiger partial charge in [-0.3, -0.25) is 9.52 Å². The molecule has 0 bridgehead atoms. The number of nitrogens with zero attached hydrogens (tertiary/aromatic N) is 1. The van der Waals surface area contributed by atoms with Gasteiger partial charge in [-0.2, -0.15) is 0 Å². The largest absolute Gasteiger partial charge is 0.496 e. The van der Waals surface area contributed by atoms with Crippen LogP contribution in [0.3, 0.4) is 0 Å². The number of nitrogens with one attached hydrogen (secondary N) is 1. The lowest BCUT2D eigenvalue weighted by atomic mass is 10.1. The minimum Gasteiger partial charge on any atom is -0.496 e. The Morgan fingerprint density at radius 2 is 1.91 bits per heavy atom. The molecule has 1 heterocycles. The first-order valence-corrected chi connectivity index (χ1v) is 12.3. The summed E-state index contributed by atoms with van der Waals surface area (Å²) in [5, 5.41) is 4.30. The van der Waals surface area contributed by atoms with E-state index in [-0.39, 0.29) is 23.1 Å². The van der Waals surface area contributed by atoms with Crippen LogP contribution in [0.15, 0.2) is 39.8 Å². The average Bonchev–Trinajstić information content (AvgIpc) is 3.24. The number of fused-ring (bicyclic) bond motifs is 1. The maximum absolute atomic E-state index is 13.2. The van der Waals surface area contributed by atoms with Gasteiger partial charge in [0, 0.05) is 13.0 Å². The van der Waals surface area contributed by atoms with E-state index in [4.69, 9.17) is 24.5 Å². The summed E-state index contributed by atoms with van der Waals surface area (Å²) in [6, 6.07) is 8.42. The number of unbranched alkanes of at least 4 members (excludes halogenated alkanes) is 1. The first-order valence-electron chi connectivity index (χ1n) is 10.8. The fourth-order valence-electron chi connectivity index (χ4n) is 3.34. The molecule has 0 aliphatic rings. The van der Waals surface area contributed by atoms with E-state index < -0.39 is 15.9 Å². The van der Waals surface area contributed by atoms with Crippen LogP contribution in [0, 0.1) is 11.8 Å². The third-order valence-electron chi connectivity index (χ3n) is 5.05. The number of benzene rings is 2. The number of carbonyl (C=O) groups is 1. The Bertz CT molecular complexity index is 1370. The SMILES string of the molecule is CCc1ccc(OC)c(S(=O)(=O)Nc2noc3cc(COCCCC#CC(N)=O)cc(OC)c23)c1. The van der Waals surface area contributed by atoms with Crippen LogP contribution in [0.25, 0.3) is 11.0 Å². The van der Waals surface area contributed by atoms with Crippen LogP contribution in [-0.2, 0) is 32.6 Å². The number of anilines is 1. The number of aryl methyl sites for hydroxylation is 1. The van der Waals surface area contributed by atoms with Gasteiger partial charge in [0.15, 0.2) is 11.4 Å². The molecule has 1 amide bonds. The lowest BCUT2D eigenvalue weighted by Gasteiger charge is -2.12. The molecule has 0 aliphatic carbocycles. The van der Waals surface area contributed by atoms with E-state index in [0.29, 0.717) is 42.6 Å². The molecule has 35 heavy (non-hydrogen) atoms. The summed E-state index contributed by atoms with van der Waals surface area (Å²) >= 11 is 0. The molecule has 11 heteroatoms. The fraction of sp³-hybridized carbons (Fsp3) is 0.333. The second kappa shape index (κ2) is 11.6. The molecule has 3 N–H and O–H groups in total. The van der Waals surface area contributed by atoms with Crippen LogP contribution in [-0.4, -0.2) is 40.3 Å². The van der Waals surface area contributed by atoms with Crippen molar-refractivity contribution in [3.05, 3.63) is 41.5 Å². The fourth-order valence-corrected chi connectivity index (χ4v) is 4.57. The van der Waals surface area contributed by atoms with Gasteiger partial charge in [-0.25, -0.2) is 8.42 Å². The number of carbonyl (C=O) groups excluding carboxylic acids is 1. The van der Waals surface area contributed by atoms with Gasteiger partial charge in [0.25, 0.3) is 15.9 Å². The van der Waals surface area contributed by atoms with E-state index in [0.717, 1.165) is 11.1 Å². The molecule has 3 rings (SSSR count). The molecule has 0 radical (unpaired) electrons. The monoisotopic (exact) mass is 501 g/mol. The van der Waals surface area contributed by atoms with E-state index in [2.05, 4.69) is 21.7 Å². The number of rotatable bonds is 11. The van der Waals surface area contributed by atoms with Crippen molar-refractivity contribution in [1.82, 2.24) is 5.16 Å². The van der Waals surface area contributed by atoms with Crippen molar-refractivity contribution in [1.29, 1.82) is 0 Å². The van der Waals surface area contributed by atoms with Crippen molar-refractivity contribution in [2.75, 3.05) is 25.5 Å². The Labute approximate surface area is 203 Å². The summed E-state index contributed by atoms with van der Waals surface area (Å²) < 4.78 is 50.6. The van der Waals surface area contributed by atoms with Crippen LogP contribution >= 0.6 is 0 Å². The molecule has 186 valence electrons. The third kappa shape index (κ3) is 6.44. The van der Waals surface area contributed by atoms with Crippen molar-refractivity contribution in [3.63, 3.8) is 0 Å². The minimum absolute atomic E-state index is 0.00000511. The molecule has 10 nitrogen and oxygen atoms in total. The highest BCUT2D eigenvalue weighted by molar-refractivity contribution is 7.92. The van der Waals surface area contributed by atoms with Crippen LogP contribution in [0.4, 0.5) is 5.82 Å². The zero-order valence-corrected chi connectivity index (χ0v) is 20.5. The number of nitrogens with two attached hydrogens (primary N) is 1. The van der Waals surface area contributed by atoms with E-state index in [1.54, 1.807) is 24.3 Å². The molecule has 3 aromatic rings. The van der Waals surface area contributed by atoms with Gasteiger partial charge < -0.3 is 24.5 Å². The minimum atomic E-state index is -4.03. The predicted octanol–water partition coefficient (Wildman–Crippen LogP) is 2.99. The second-order valence-electron chi connectivity index (χ2n) is 7.47. The van der Waals surface area contributed by atoms with Crippen LogP contribution in [0.1, 0.15) is 30.9 Å². The first-order chi connectivity index (χ1) is 16.8. The van der Waals surface area contributed by atoms with E-state index in [1.807, 2.05) is 13.0 Å². The number of sulfonamides is 1. The van der Waals surface area contributed by atoms with Gasteiger partial charge in [0.05, 0.1) is 20.8 Å². The van der Waals surface area contributed by atoms with Gasteiger partial charge in [-0.1, -0.05) is 24.1 Å². The molecule has 0 fully saturated rings. The van der Waals surface area contributed by atoms with Gasteiger partial charge in [0.2, 0.25) is 0 Å². The Morgan fingerprint density at radius 3 is 2.60 bits per heavy atom. The molecule has 0 atom stereocenters. The zero-order valence-electron chi connectivity index (χ0n) is 19.7. The first kappa shape index (κ1) is 25.9. The number of methoxy groups -OCH3 is 2. The Kier molecular flexibility index (Phi) is 8.57. The number of hydrogen-bond donors (Lipinski definition) is 2. The Balaban J connectivity index is 1.79. The van der Waals surface area contributed by atoms with E-state index in [1.165, 1.54) is 14.2 Å². The summed E-state index contributed by atoms with van der Waals surface area (Å²) in [6.45, 7) is 2.62. The lowest BCUT2D eigenvalue weighted by molar-refractivity contribution is -0.112. The summed E-state index contributed by atoms with van der Waals surface area (Å²) in [5.74, 6) is 4.87. The smallest absolute Gasteiger partial charge is 0.293 e. The highest BCUT2D eigenvalue weighted by atomic mass is 32.2. The highest BCUT2D eigenvalue weighted by Crippen LogP contribution is 2.36. The third-order valence-corrected chi connectivity index (χ3v) is 6.41. The molecule has 0 saturated carbocycles. The topological polar surface area (TPSA) is 143 Å². The molecule has 0 aliphatic heterocycles. The van der Waals surface area contributed by atoms with Crippen LogP contribution in [0.2, 0.25) is 0 Å². The van der Waals surface area contributed by atoms with Crippen molar-refractivity contribution in [2.45, 2.75) is 37.7 Å². The van der Waals surface area contributed by atoms with Gasteiger partial charge >= 0.3 is 0 Å². The lowest BCUT2D eigenvalue weighted by Crippen LogP contribution is -2.15. The predicted molar refractivity (Wildman–Crippen MR) is 130 cm³/mol. The maximum atomic E-state index is 13.2. The van der Waals surface area contributed by atoms with Gasteiger partial charge in [-0.05, 0) is 54.2 Å². The molecular formula is C24H27N3O7S. The van der Waals surface area contributed by atoms with E-state index >= 15 is 0 Å². The summed E-state index contributed by atoms with van der Waals surface area (Å²) in [6.07, 6.45) is 1.79. The molecular weight excluding hydrogens is 474 g/mol. The van der Waals surface area contributed by atoms with Crippen LogP contribution < -0.4 is 19.9 Å². The summed E-state index contributed by atoms with van der Waals surface area (Å²) in [7, 11) is -1.16. The Hall–Kier alpha value is -3.75. The molecule has 0 unspecified atom stereocenters. The number of amides is 1. The van der Waals surface area contributed by atoms with Gasteiger partial charge in [0.1, 0.15) is 21.8 Å². The average molecular weight is 502 g/mol. The van der Waals surface area contributed by atoms with Crippen molar-refractivity contribution in [3.8, 4) is 23.3 Å². The zero-order chi connectivity index (χ0) is 25.4. The molecule has 2 aromatic carbocycles. The quantitative estimate of drug-likeness (QED) is 0.302. The van der Waals surface area contributed by atoms with Crippen molar-refractivity contribution < 1.29 is 31.9 Å². The van der Waals surface area contributed by atoms with Crippen LogP contribution in [0.5, 0.6) is 11.5 Å². The van der Waals surface area contributed by atoms with Crippen molar-refractivity contribution >= 4 is 32.7 Å². The summed E-state index contributed by atoms with van der Waals surface area (Å²) in [4.78, 5) is 10.6. The molecule has 0 saturated heterocycles. The van der Waals surface area contributed by atoms with E-state index in [9.17, 15) is 13.2 Å². The highest BCUT2D eigenvalue weighted by Gasteiger charge is 2.24. The number of ether oxygens (including phenoxy) is 3. The summed E-state index contributed by atoms with van der Waals surface area (Å²) in [5.41, 5.74) is 6.89.